The van der Waals surface area contributed by atoms with Crippen molar-refractivity contribution in [2.75, 3.05) is 66.1 Å². The van der Waals surface area contributed by atoms with Crippen LogP contribution in [0.2, 0.25) is 0 Å². The van der Waals surface area contributed by atoms with Crippen molar-refractivity contribution in [3.8, 4) is 0 Å². The smallest absolute Gasteiger partial charge is 0.333 e. The first-order valence-corrected chi connectivity index (χ1v) is 38.0. The lowest BCUT2D eigenvalue weighted by molar-refractivity contribution is -0.145. The molecule has 0 radical (unpaired) electrons. The number of hydrogen-bond acceptors (Lipinski definition) is 15. The first-order valence-electron chi connectivity index (χ1n) is 38.0. The Morgan fingerprint density at radius 1 is 0.264 bits per heavy atom. The molecule has 5 aliphatic heterocycles. The van der Waals surface area contributed by atoms with E-state index in [0.717, 1.165) is 77.8 Å². The maximum atomic E-state index is 11.4. The Labute approximate surface area is 556 Å². The molecule has 0 amide bonds. The highest BCUT2D eigenvalue weighted by Crippen LogP contribution is 2.19. The molecular weight excluding hydrogens is 1150 g/mol. The summed E-state index contributed by atoms with van der Waals surface area (Å²) in [6.07, 6.45) is 62.3. The molecule has 534 valence electrons. The van der Waals surface area contributed by atoms with E-state index >= 15 is 0 Å². The topological polar surface area (TPSA) is 194 Å². The van der Waals surface area contributed by atoms with Crippen molar-refractivity contribution in [1.29, 1.82) is 0 Å². The summed E-state index contributed by atoms with van der Waals surface area (Å²) < 4.78 is 49.9. The number of carbonyl (C=O) groups excluding carboxylic acids is 5. The van der Waals surface area contributed by atoms with Gasteiger partial charge in [-0.25, -0.2) is 4.79 Å². The summed E-state index contributed by atoms with van der Waals surface area (Å²) >= 11 is 0. The number of hydrogen-bond donors (Lipinski definition) is 0. The standard InChI is InChI=1S/C21H40O3.C19H36O3.C15H28O3.C14H26O3.C7H10O3/c1-2-3-4-5-6-7-8-9-10-11-12-13-14-15-16-17-21(22)24-19-20-18-23-20;1-2-3-4-5-6-7-8-9-10-11-12-13-14-15-19(20)22-17-18-16-21-18;1-2-3-4-5-6-7-8-9-10-11-15(16)18-13-14-12-17-14;1-2-3-4-5-6-7-8-9-10-14(15)17-12-13-11-16-13;1-5(2)7(8)10-4-6-3-9-6/h20H,2-19H2,1H3;18H,2-17H2,1H3;14H,2-13H2,1H3;13H,2-12H2,1H3;6H,1,3-4H2,2H3. The van der Waals surface area contributed by atoms with Crippen molar-refractivity contribution in [2.45, 2.75) is 380 Å². The van der Waals surface area contributed by atoms with Crippen LogP contribution in [-0.4, -0.2) is 126 Å². The van der Waals surface area contributed by atoms with Crippen LogP contribution in [0.5, 0.6) is 0 Å². The van der Waals surface area contributed by atoms with Gasteiger partial charge in [-0.1, -0.05) is 298 Å². The number of esters is 5. The van der Waals surface area contributed by atoms with Gasteiger partial charge in [-0.05, 0) is 32.6 Å². The van der Waals surface area contributed by atoms with Crippen LogP contribution in [0.3, 0.4) is 0 Å². The van der Waals surface area contributed by atoms with Gasteiger partial charge >= 0.3 is 29.8 Å². The van der Waals surface area contributed by atoms with Gasteiger partial charge in [0.05, 0.1) is 33.0 Å². The van der Waals surface area contributed by atoms with Crippen LogP contribution in [0.25, 0.3) is 0 Å². The van der Waals surface area contributed by atoms with E-state index in [0.29, 0.717) is 70.9 Å². The zero-order chi connectivity index (χ0) is 66.1. The van der Waals surface area contributed by atoms with Crippen LogP contribution in [0.1, 0.15) is 349 Å². The lowest BCUT2D eigenvalue weighted by Crippen LogP contribution is -2.09. The van der Waals surface area contributed by atoms with E-state index < -0.39 is 0 Å². The Morgan fingerprint density at radius 2 is 0.407 bits per heavy atom. The van der Waals surface area contributed by atoms with Crippen LogP contribution in [0.4, 0.5) is 0 Å². The van der Waals surface area contributed by atoms with Gasteiger partial charge in [0.1, 0.15) is 63.6 Å². The zero-order valence-electron chi connectivity index (χ0n) is 59.4. The second kappa shape index (κ2) is 65.5. The molecule has 0 N–H and O–H groups in total. The van der Waals surface area contributed by atoms with Crippen LogP contribution < -0.4 is 0 Å². The first-order chi connectivity index (χ1) is 44.5. The molecule has 0 spiro atoms. The van der Waals surface area contributed by atoms with E-state index in [9.17, 15) is 24.0 Å². The van der Waals surface area contributed by atoms with Gasteiger partial charge in [-0.3, -0.25) is 19.2 Å². The highest BCUT2D eigenvalue weighted by Gasteiger charge is 2.27. The van der Waals surface area contributed by atoms with Crippen molar-refractivity contribution in [2.24, 2.45) is 0 Å². The summed E-state index contributed by atoms with van der Waals surface area (Å²) in [5.41, 5.74) is 0.431. The molecule has 0 bridgehead atoms. The molecule has 5 fully saturated rings. The molecule has 0 aromatic heterocycles. The van der Waals surface area contributed by atoms with Crippen molar-refractivity contribution in [3.63, 3.8) is 0 Å². The number of epoxide rings is 5. The van der Waals surface area contributed by atoms with Crippen LogP contribution >= 0.6 is 0 Å². The van der Waals surface area contributed by atoms with E-state index in [1.807, 2.05) is 0 Å². The van der Waals surface area contributed by atoms with Crippen LogP contribution in [-0.2, 0) is 71.3 Å². The monoisotopic (exact) mass is 1290 g/mol. The van der Waals surface area contributed by atoms with Gasteiger partial charge < -0.3 is 47.4 Å². The first kappa shape index (κ1) is 85.9. The van der Waals surface area contributed by atoms with E-state index in [4.69, 9.17) is 47.4 Å². The predicted molar refractivity (Wildman–Crippen MR) is 367 cm³/mol. The van der Waals surface area contributed by atoms with Crippen LogP contribution in [0.15, 0.2) is 12.2 Å². The lowest BCUT2D eigenvalue weighted by atomic mass is 10.0. The second-order valence-corrected chi connectivity index (χ2v) is 26.4. The number of carbonyl (C=O) groups is 5. The van der Waals surface area contributed by atoms with E-state index in [1.54, 1.807) is 6.92 Å². The minimum Gasteiger partial charge on any atom is -0.463 e. The molecule has 0 saturated carbocycles. The van der Waals surface area contributed by atoms with Gasteiger partial charge in [-0.15, -0.1) is 0 Å². The van der Waals surface area contributed by atoms with Crippen molar-refractivity contribution < 1.29 is 71.3 Å². The average molecular weight is 1290 g/mol. The molecule has 15 heteroatoms. The van der Waals surface area contributed by atoms with Crippen molar-refractivity contribution in [3.05, 3.63) is 12.2 Å². The lowest BCUT2D eigenvalue weighted by Gasteiger charge is -2.04. The summed E-state index contributed by atoms with van der Waals surface area (Å²) in [7, 11) is 0. The molecular formula is C76H140O15. The summed E-state index contributed by atoms with van der Waals surface area (Å²) in [6.45, 7) is 20.0. The molecule has 5 atom stereocenters. The Balaban J connectivity index is 0.000000581. The Hall–Kier alpha value is -3.11. The SMILES string of the molecule is C=C(C)C(=O)OCC1CO1.CCCCCCCCCCC(=O)OCC1CO1.CCCCCCCCCCCC(=O)OCC1CO1.CCCCCCCCCCCCCCCC(=O)OCC1CO1.CCCCCCCCCCCCCCCCCC(=O)OCC1CO1. The van der Waals surface area contributed by atoms with Crippen molar-refractivity contribution in [1.82, 2.24) is 0 Å². The highest BCUT2D eigenvalue weighted by atomic mass is 16.6. The zero-order valence-corrected chi connectivity index (χ0v) is 59.4. The quantitative estimate of drug-likeness (QED) is 0.0183. The summed E-state index contributed by atoms with van der Waals surface area (Å²) in [6, 6.07) is 0. The van der Waals surface area contributed by atoms with Crippen molar-refractivity contribution >= 4 is 29.8 Å². The van der Waals surface area contributed by atoms with Gasteiger partial charge in [0.15, 0.2) is 0 Å². The van der Waals surface area contributed by atoms with E-state index in [1.165, 1.54) is 238 Å². The minimum absolute atomic E-state index is 0.0554. The Kier molecular flexibility index (Phi) is 61.9. The fourth-order valence-electron chi connectivity index (χ4n) is 10.1. The molecule has 5 aliphatic rings. The van der Waals surface area contributed by atoms with Gasteiger partial charge in [0.2, 0.25) is 0 Å². The normalized spacial score (nSPS) is 17.6. The minimum atomic E-state index is -0.337. The maximum absolute atomic E-state index is 11.4. The van der Waals surface area contributed by atoms with Gasteiger partial charge in [0.25, 0.3) is 0 Å². The van der Waals surface area contributed by atoms with E-state index in [-0.39, 0.29) is 60.4 Å². The molecule has 15 nitrogen and oxygen atoms in total. The molecule has 5 rings (SSSR count). The number of ether oxygens (including phenoxy) is 10. The number of unbranched alkanes of at least 4 members (excludes halogenated alkanes) is 41. The van der Waals surface area contributed by atoms with E-state index in [2.05, 4.69) is 34.3 Å². The summed E-state index contributed by atoms with van der Waals surface area (Å²) in [5, 5.41) is 0. The predicted octanol–water partition coefficient (Wildman–Crippen LogP) is 19.4. The molecule has 91 heavy (non-hydrogen) atoms. The molecule has 0 aromatic rings. The fraction of sp³-hybridized carbons (Fsp3) is 0.908. The van der Waals surface area contributed by atoms with Gasteiger partial charge in [-0.2, -0.15) is 0 Å². The molecule has 0 aliphatic carbocycles. The third-order valence-electron chi connectivity index (χ3n) is 16.7. The molecule has 0 aromatic carbocycles. The number of rotatable bonds is 60. The second-order valence-electron chi connectivity index (χ2n) is 26.4. The Bertz CT molecular complexity index is 1670. The maximum Gasteiger partial charge on any atom is 0.333 e. The average Bonchev–Trinajstić information content (AvgIpc) is 4.55. The molecule has 5 saturated heterocycles. The van der Waals surface area contributed by atoms with Gasteiger partial charge in [0, 0.05) is 31.3 Å². The summed E-state index contributed by atoms with van der Waals surface area (Å²) in [5.74, 6) is -0.575. The third-order valence-corrected chi connectivity index (χ3v) is 16.7. The van der Waals surface area contributed by atoms with Crippen LogP contribution in [0, 0.1) is 0 Å². The Morgan fingerprint density at radius 3 is 0.549 bits per heavy atom. The molecule has 5 unspecified atom stereocenters. The molecule has 5 heterocycles. The largest absolute Gasteiger partial charge is 0.463 e. The summed E-state index contributed by atoms with van der Waals surface area (Å²) in [4.78, 5) is 56.1. The fourth-order valence-corrected chi connectivity index (χ4v) is 10.1. The third kappa shape index (κ3) is 71.0. The highest BCUT2D eigenvalue weighted by molar-refractivity contribution is 5.86.